The van der Waals surface area contributed by atoms with Crippen LogP contribution in [0.2, 0.25) is 0 Å². The first-order valence-corrected chi connectivity index (χ1v) is 5.61. The third kappa shape index (κ3) is 3.44. The predicted octanol–water partition coefficient (Wildman–Crippen LogP) is 2.51. The molecule has 1 rings (SSSR count). The lowest BCUT2D eigenvalue weighted by Crippen LogP contribution is -1.97. The highest BCUT2D eigenvalue weighted by Gasteiger charge is 2.03. The van der Waals surface area contributed by atoms with Gasteiger partial charge in [-0.2, -0.15) is 0 Å². The van der Waals surface area contributed by atoms with Gasteiger partial charge in [0, 0.05) is 6.20 Å². The molecule has 0 aliphatic carbocycles. The van der Waals surface area contributed by atoms with E-state index < -0.39 is 5.97 Å². The predicted molar refractivity (Wildman–Crippen MR) is 66.1 cm³/mol. The maximum atomic E-state index is 10.6. The van der Waals surface area contributed by atoms with Crippen molar-refractivity contribution in [3.8, 4) is 12.3 Å². The molecule has 0 amide bonds. The average molecular weight is 233 g/mol. The zero-order valence-electron chi connectivity index (χ0n) is 8.80. The van der Waals surface area contributed by atoms with Crippen LogP contribution in [0.25, 0.3) is 5.57 Å². The molecular weight excluding hydrogens is 222 g/mol. The summed E-state index contributed by atoms with van der Waals surface area (Å²) < 4.78 is 0. The summed E-state index contributed by atoms with van der Waals surface area (Å²) in [6.07, 6.45) is 6.47. The number of pyridine rings is 1. The van der Waals surface area contributed by atoms with Crippen LogP contribution in [-0.2, 0) is 0 Å². The molecule has 0 spiro atoms. The molecule has 1 N–H and O–H groups in total. The smallest absolute Gasteiger partial charge is 0.337 e. The van der Waals surface area contributed by atoms with Gasteiger partial charge in [-0.3, -0.25) is 4.98 Å². The lowest BCUT2D eigenvalue weighted by Gasteiger charge is -2.00. The molecule has 0 bridgehead atoms. The fourth-order valence-corrected chi connectivity index (χ4v) is 1.58. The average Bonchev–Trinajstić information content (AvgIpc) is 2.29. The van der Waals surface area contributed by atoms with Crippen LogP contribution in [0, 0.1) is 12.3 Å². The van der Waals surface area contributed by atoms with Crippen LogP contribution in [0.5, 0.6) is 0 Å². The summed E-state index contributed by atoms with van der Waals surface area (Å²) in [5.41, 5.74) is 1.92. The van der Waals surface area contributed by atoms with Crippen LogP contribution in [0.15, 0.2) is 23.7 Å². The van der Waals surface area contributed by atoms with E-state index in [2.05, 4.69) is 10.9 Å². The number of aromatic carboxylic acids is 1. The monoisotopic (exact) mass is 233 g/mol. The van der Waals surface area contributed by atoms with Crippen molar-refractivity contribution in [3.05, 3.63) is 35.0 Å². The molecule has 1 aromatic rings. The zero-order valence-corrected chi connectivity index (χ0v) is 9.62. The Hall–Kier alpha value is -1.73. The van der Waals surface area contributed by atoms with Crippen LogP contribution >= 0.6 is 11.8 Å². The minimum absolute atomic E-state index is 0.188. The quantitative estimate of drug-likeness (QED) is 0.641. The van der Waals surface area contributed by atoms with Gasteiger partial charge in [-0.1, -0.05) is 5.92 Å². The number of hydrogen-bond acceptors (Lipinski definition) is 3. The Kier molecular flexibility index (Phi) is 4.62. The number of allylic oxidation sites excluding steroid dienone is 1. The number of carboxylic acids is 1. The summed E-state index contributed by atoms with van der Waals surface area (Å²) in [4.78, 5) is 14.7. The second kappa shape index (κ2) is 5.99. The van der Waals surface area contributed by atoms with Crippen LogP contribution in [0.1, 0.15) is 23.0 Å². The number of aromatic nitrogens is 1. The highest BCUT2D eigenvalue weighted by Crippen LogP contribution is 2.16. The first-order valence-electron chi connectivity index (χ1n) is 4.56. The van der Waals surface area contributed by atoms with Crippen LogP contribution < -0.4 is 0 Å². The Bertz CT molecular complexity index is 443. The van der Waals surface area contributed by atoms with Crippen molar-refractivity contribution in [2.45, 2.75) is 6.92 Å². The van der Waals surface area contributed by atoms with Gasteiger partial charge < -0.3 is 5.11 Å². The number of carboxylic acid groups (broad SMARTS) is 1. The summed E-state index contributed by atoms with van der Waals surface area (Å²) in [6.45, 7) is 1.91. The van der Waals surface area contributed by atoms with E-state index in [-0.39, 0.29) is 5.56 Å². The lowest BCUT2D eigenvalue weighted by atomic mass is 10.2. The molecule has 0 saturated heterocycles. The van der Waals surface area contributed by atoms with E-state index in [4.69, 9.17) is 11.5 Å². The summed E-state index contributed by atoms with van der Waals surface area (Å²) in [5.74, 6) is 2.16. The van der Waals surface area contributed by atoms with Crippen molar-refractivity contribution < 1.29 is 9.90 Å². The molecule has 0 radical (unpaired) electrons. The highest BCUT2D eigenvalue weighted by molar-refractivity contribution is 8.02. The van der Waals surface area contributed by atoms with E-state index >= 15 is 0 Å². The number of thioether (sulfide) groups is 1. The summed E-state index contributed by atoms with van der Waals surface area (Å²) in [5, 5.41) is 10.6. The topological polar surface area (TPSA) is 50.2 Å². The van der Waals surface area contributed by atoms with E-state index in [0.717, 1.165) is 11.3 Å². The van der Waals surface area contributed by atoms with Gasteiger partial charge in [0.25, 0.3) is 0 Å². The van der Waals surface area contributed by atoms with Crippen molar-refractivity contribution in [1.82, 2.24) is 4.98 Å². The molecule has 4 heteroatoms. The number of carbonyl (C=O) groups is 1. The Labute approximate surface area is 98.6 Å². The Morgan fingerprint density at radius 1 is 1.69 bits per heavy atom. The molecule has 0 aliphatic rings. The summed E-state index contributed by atoms with van der Waals surface area (Å²) in [6, 6.07) is 3.22. The van der Waals surface area contributed by atoms with Gasteiger partial charge in [-0.05, 0) is 30.0 Å². The van der Waals surface area contributed by atoms with Crippen LogP contribution in [0.3, 0.4) is 0 Å². The number of hydrogen-bond donors (Lipinski definition) is 1. The van der Waals surface area contributed by atoms with Gasteiger partial charge in [0.15, 0.2) is 0 Å². The first-order chi connectivity index (χ1) is 7.65. The second-order valence-electron chi connectivity index (χ2n) is 3.05. The van der Waals surface area contributed by atoms with Gasteiger partial charge in [-0.25, -0.2) is 4.79 Å². The van der Waals surface area contributed by atoms with Crippen molar-refractivity contribution in [2.75, 3.05) is 5.75 Å². The van der Waals surface area contributed by atoms with E-state index in [1.165, 1.54) is 24.0 Å². The van der Waals surface area contributed by atoms with Gasteiger partial charge >= 0.3 is 5.97 Å². The fraction of sp³-hybridized carbons (Fsp3) is 0.167. The minimum Gasteiger partial charge on any atom is -0.478 e. The number of nitrogens with zero attached hydrogens (tertiary/aromatic N) is 1. The Morgan fingerprint density at radius 3 is 2.94 bits per heavy atom. The minimum atomic E-state index is -0.970. The van der Waals surface area contributed by atoms with Gasteiger partial charge in [0.05, 0.1) is 17.0 Å². The maximum Gasteiger partial charge on any atom is 0.337 e. The standard InChI is InChI=1S/C12H11NO2S/c1-3-6-16-8-9(2)11-5-4-10(7-13-11)12(14)15/h1,4-5,7-8H,6H2,2H3,(H,14,15)/b9-8+. The van der Waals surface area contributed by atoms with Crippen molar-refractivity contribution in [2.24, 2.45) is 0 Å². The van der Waals surface area contributed by atoms with Gasteiger partial charge in [0.2, 0.25) is 0 Å². The van der Waals surface area contributed by atoms with E-state index in [1.807, 2.05) is 12.3 Å². The molecule has 0 fully saturated rings. The maximum absolute atomic E-state index is 10.6. The number of terminal acetylenes is 1. The lowest BCUT2D eigenvalue weighted by molar-refractivity contribution is 0.0696. The van der Waals surface area contributed by atoms with Crippen LogP contribution in [0.4, 0.5) is 0 Å². The number of rotatable bonds is 4. The van der Waals surface area contributed by atoms with E-state index in [0.29, 0.717) is 5.75 Å². The Balaban J connectivity index is 2.78. The van der Waals surface area contributed by atoms with E-state index in [1.54, 1.807) is 6.07 Å². The van der Waals surface area contributed by atoms with Crippen molar-refractivity contribution in [1.29, 1.82) is 0 Å². The largest absolute Gasteiger partial charge is 0.478 e. The molecule has 1 aromatic heterocycles. The zero-order chi connectivity index (χ0) is 12.0. The van der Waals surface area contributed by atoms with Gasteiger partial charge in [-0.15, -0.1) is 18.2 Å². The highest BCUT2D eigenvalue weighted by atomic mass is 32.2. The summed E-state index contributed by atoms with van der Waals surface area (Å²) >= 11 is 1.51. The molecule has 1 heterocycles. The molecule has 0 saturated carbocycles. The molecule has 0 atom stereocenters. The molecule has 3 nitrogen and oxygen atoms in total. The first kappa shape index (κ1) is 12.3. The van der Waals surface area contributed by atoms with E-state index in [9.17, 15) is 4.79 Å². The Morgan fingerprint density at radius 2 is 2.44 bits per heavy atom. The fourth-order valence-electron chi connectivity index (χ4n) is 1.03. The molecule has 0 aliphatic heterocycles. The third-order valence-corrected chi connectivity index (χ3v) is 2.69. The van der Waals surface area contributed by atoms with Gasteiger partial charge in [0.1, 0.15) is 0 Å². The summed E-state index contributed by atoms with van der Waals surface area (Å²) in [7, 11) is 0. The molecule has 0 aromatic carbocycles. The van der Waals surface area contributed by atoms with Crippen LogP contribution in [-0.4, -0.2) is 21.8 Å². The molecule has 82 valence electrons. The second-order valence-corrected chi connectivity index (χ2v) is 3.91. The third-order valence-electron chi connectivity index (χ3n) is 1.84. The molecule has 16 heavy (non-hydrogen) atoms. The van der Waals surface area contributed by atoms with Crippen molar-refractivity contribution in [3.63, 3.8) is 0 Å². The SMILES string of the molecule is C#CCS/C=C(\C)c1ccc(C(=O)O)cn1. The molecule has 0 unspecified atom stereocenters. The molecular formula is C12H11NO2S. The normalized spacial score (nSPS) is 10.9. The van der Waals surface area contributed by atoms with Crippen molar-refractivity contribution >= 4 is 23.3 Å².